The van der Waals surface area contributed by atoms with Gasteiger partial charge in [0, 0.05) is 12.0 Å². The third kappa shape index (κ3) is 1.96. The summed E-state index contributed by atoms with van der Waals surface area (Å²) >= 11 is 0. The first-order chi connectivity index (χ1) is 8.20. The highest BCUT2D eigenvalue weighted by molar-refractivity contribution is 5.78. The fraction of sp³-hybridized carbons (Fsp3) is 0.727. The highest BCUT2D eigenvalue weighted by Crippen LogP contribution is 2.57. The molecule has 0 aromatic rings. The molecule has 1 N–H and O–H groups in total. The third-order valence-electron chi connectivity index (χ3n) is 3.41. The first-order valence-corrected chi connectivity index (χ1v) is 5.70. The van der Waals surface area contributed by atoms with Crippen LogP contribution in [0.1, 0.15) is 26.7 Å². The summed E-state index contributed by atoms with van der Waals surface area (Å²) in [4.78, 5) is 16.2. The molecule has 0 aromatic carbocycles. The quantitative estimate of drug-likeness (QED) is 0.850. The van der Waals surface area contributed by atoms with Crippen molar-refractivity contribution in [2.24, 2.45) is 5.41 Å². The van der Waals surface area contributed by atoms with Crippen LogP contribution in [0.3, 0.4) is 0 Å². The number of nitrogens with zero attached hydrogens (tertiary/aromatic N) is 1. The van der Waals surface area contributed by atoms with Gasteiger partial charge < -0.3 is 9.94 Å². The molecule has 1 unspecified atom stereocenters. The Morgan fingerprint density at radius 3 is 2.44 bits per heavy atom. The van der Waals surface area contributed by atoms with Crippen LogP contribution in [-0.2, 0) is 9.63 Å². The van der Waals surface area contributed by atoms with Gasteiger partial charge in [0.2, 0.25) is 0 Å². The Balaban J connectivity index is 2.49. The standard InChI is InChI=1S/C11H14F3NO3/c1-3-15-7(9(16)17)6(11(12,13)14)8(18-15)10(2)4-5-10/h7H,3-5H2,1-2H3,(H,16,17). The van der Waals surface area contributed by atoms with Crippen LogP contribution in [-0.4, -0.2) is 34.9 Å². The molecule has 0 spiro atoms. The van der Waals surface area contributed by atoms with E-state index in [2.05, 4.69) is 0 Å². The number of aliphatic carboxylic acids is 1. The van der Waals surface area contributed by atoms with E-state index in [9.17, 15) is 18.0 Å². The fourth-order valence-corrected chi connectivity index (χ4v) is 2.11. The van der Waals surface area contributed by atoms with E-state index in [0.29, 0.717) is 12.8 Å². The zero-order valence-electron chi connectivity index (χ0n) is 10.0. The van der Waals surface area contributed by atoms with Gasteiger partial charge in [-0.2, -0.15) is 13.2 Å². The average molecular weight is 265 g/mol. The predicted octanol–water partition coefficient (Wildman–Crippen LogP) is 2.32. The van der Waals surface area contributed by atoms with E-state index in [1.54, 1.807) is 13.8 Å². The van der Waals surface area contributed by atoms with Crippen molar-refractivity contribution in [3.8, 4) is 0 Å². The first-order valence-electron chi connectivity index (χ1n) is 5.70. The molecule has 2 aliphatic rings. The summed E-state index contributed by atoms with van der Waals surface area (Å²) in [6, 6.07) is -1.76. The molecule has 1 saturated carbocycles. The van der Waals surface area contributed by atoms with Crippen LogP contribution >= 0.6 is 0 Å². The highest BCUT2D eigenvalue weighted by atomic mass is 19.4. The molecule has 1 heterocycles. The topological polar surface area (TPSA) is 49.8 Å². The number of hydrogen-bond donors (Lipinski definition) is 1. The minimum Gasteiger partial charge on any atom is -0.480 e. The molecular formula is C11H14F3NO3. The molecule has 0 saturated heterocycles. The SMILES string of the molecule is CCN1OC(C2(C)CC2)=C(C(F)(F)F)C1C(=O)O. The maximum Gasteiger partial charge on any atom is 0.418 e. The van der Waals surface area contributed by atoms with Crippen LogP contribution < -0.4 is 0 Å². The number of halogens is 3. The van der Waals surface area contributed by atoms with Crippen LogP contribution in [0.5, 0.6) is 0 Å². The summed E-state index contributed by atoms with van der Waals surface area (Å²) in [7, 11) is 0. The third-order valence-corrected chi connectivity index (χ3v) is 3.41. The molecule has 1 aliphatic heterocycles. The molecule has 4 nitrogen and oxygen atoms in total. The first kappa shape index (κ1) is 13.2. The maximum atomic E-state index is 13.1. The van der Waals surface area contributed by atoms with Gasteiger partial charge in [0.1, 0.15) is 11.3 Å². The van der Waals surface area contributed by atoms with Crippen molar-refractivity contribution in [1.82, 2.24) is 5.06 Å². The molecule has 0 amide bonds. The maximum absolute atomic E-state index is 13.1. The molecule has 102 valence electrons. The second-order valence-corrected chi connectivity index (χ2v) is 4.87. The number of carboxylic acids is 1. The lowest BCUT2D eigenvalue weighted by molar-refractivity contribution is -0.167. The second-order valence-electron chi connectivity index (χ2n) is 4.87. The van der Waals surface area contributed by atoms with E-state index < -0.39 is 29.2 Å². The van der Waals surface area contributed by atoms with Crippen molar-refractivity contribution < 1.29 is 27.9 Å². The van der Waals surface area contributed by atoms with Crippen LogP contribution in [0.2, 0.25) is 0 Å². The minimum absolute atomic E-state index is 0.0795. The molecule has 2 rings (SSSR count). The lowest BCUT2D eigenvalue weighted by Gasteiger charge is -2.20. The largest absolute Gasteiger partial charge is 0.480 e. The molecular weight excluding hydrogens is 251 g/mol. The van der Waals surface area contributed by atoms with Crippen molar-refractivity contribution >= 4 is 5.97 Å². The highest BCUT2D eigenvalue weighted by Gasteiger charge is 2.59. The molecule has 1 fully saturated rings. The van der Waals surface area contributed by atoms with E-state index in [0.717, 1.165) is 5.06 Å². The van der Waals surface area contributed by atoms with Gasteiger partial charge >= 0.3 is 12.1 Å². The summed E-state index contributed by atoms with van der Waals surface area (Å²) in [5, 5.41) is 9.88. The van der Waals surface area contributed by atoms with Crippen LogP contribution in [0.4, 0.5) is 13.2 Å². The zero-order valence-corrected chi connectivity index (χ0v) is 10.0. The molecule has 18 heavy (non-hydrogen) atoms. The van der Waals surface area contributed by atoms with Gasteiger partial charge in [-0.15, -0.1) is 5.06 Å². The molecule has 1 atom stereocenters. The Bertz CT molecular complexity index is 412. The van der Waals surface area contributed by atoms with E-state index in [4.69, 9.17) is 9.94 Å². The normalized spacial score (nSPS) is 27.3. The van der Waals surface area contributed by atoms with Crippen LogP contribution in [0.15, 0.2) is 11.3 Å². The van der Waals surface area contributed by atoms with E-state index >= 15 is 0 Å². The molecule has 0 bridgehead atoms. The number of alkyl halides is 3. The number of allylic oxidation sites excluding steroid dienone is 1. The number of hydrogen-bond acceptors (Lipinski definition) is 3. The fourth-order valence-electron chi connectivity index (χ4n) is 2.11. The smallest absolute Gasteiger partial charge is 0.418 e. The monoisotopic (exact) mass is 265 g/mol. The van der Waals surface area contributed by atoms with E-state index in [-0.39, 0.29) is 12.3 Å². The Labute approximate surface area is 102 Å². The lowest BCUT2D eigenvalue weighted by atomic mass is 9.97. The van der Waals surface area contributed by atoms with Gasteiger partial charge in [-0.25, -0.2) is 0 Å². The van der Waals surface area contributed by atoms with Gasteiger partial charge in [-0.05, 0) is 19.8 Å². The predicted molar refractivity (Wildman–Crippen MR) is 55.3 cm³/mol. The summed E-state index contributed by atoms with van der Waals surface area (Å²) in [5.41, 5.74) is -1.72. The summed E-state index contributed by atoms with van der Waals surface area (Å²) < 4.78 is 39.2. The number of carbonyl (C=O) groups is 1. The number of hydroxylamine groups is 2. The second kappa shape index (κ2) is 3.88. The number of carboxylic acid groups (broad SMARTS) is 1. The Morgan fingerprint density at radius 1 is 1.56 bits per heavy atom. The molecule has 0 aromatic heterocycles. The van der Waals surface area contributed by atoms with Crippen molar-refractivity contribution in [3.05, 3.63) is 11.3 Å². The minimum atomic E-state index is -4.69. The van der Waals surface area contributed by atoms with Crippen LogP contribution in [0.25, 0.3) is 0 Å². The van der Waals surface area contributed by atoms with Crippen molar-refractivity contribution in [1.29, 1.82) is 0 Å². The summed E-state index contributed by atoms with van der Waals surface area (Å²) in [6.45, 7) is 3.30. The Morgan fingerprint density at radius 2 is 2.11 bits per heavy atom. The van der Waals surface area contributed by atoms with Crippen molar-refractivity contribution in [3.63, 3.8) is 0 Å². The average Bonchev–Trinajstić information content (AvgIpc) is 2.85. The van der Waals surface area contributed by atoms with Gasteiger partial charge in [-0.1, -0.05) is 6.92 Å². The van der Waals surface area contributed by atoms with Crippen molar-refractivity contribution in [2.45, 2.75) is 38.9 Å². The molecule has 7 heteroatoms. The van der Waals surface area contributed by atoms with E-state index in [1.165, 1.54) is 0 Å². The van der Waals surface area contributed by atoms with Gasteiger partial charge in [0.15, 0.2) is 6.04 Å². The Kier molecular flexibility index (Phi) is 2.84. The zero-order chi connectivity index (χ0) is 13.7. The molecule has 1 aliphatic carbocycles. The van der Waals surface area contributed by atoms with E-state index in [1.807, 2.05) is 0 Å². The van der Waals surface area contributed by atoms with Crippen molar-refractivity contribution in [2.75, 3.05) is 6.54 Å². The van der Waals surface area contributed by atoms with Gasteiger partial charge in [0.25, 0.3) is 0 Å². The van der Waals surface area contributed by atoms with Gasteiger partial charge in [-0.3, -0.25) is 4.79 Å². The number of likely N-dealkylation sites (N-methyl/N-ethyl adjacent to an activating group) is 1. The van der Waals surface area contributed by atoms with Crippen LogP contribution in [0, 0.1) is 5.41 Å². The molecule has 0 radical (unpaired) electrons. The lowest BCUT2D eigenvalue weighted by Crippen LogP contribution is -2.40. The van der Waals surface area contributed by atoms with Gasteiger partial charge in [0.05, 0.1) is 0 Å². The Hall–Kier alpha value is -1.24. The summed E-state index contributed by atoms with van der Waals surface area (Å²) in [6.07, 6.45) is -3.51. The number of rotatable bonds is 3. The summed E-state index contributed by atoms with van der Waals surface area (Å²) in [5.74, 6) is -1.76.